The Morgan fingerprint density at radius 3 is 2.65 bits per heavy atom. The van der Waals surface area contributed by atoms with Gasteiger partial charge in [0.25, 0.3) is 5.91 Å². The number of amides is 1. The molecule has 0 bridgehead atoms. The molecule has 0 radical (unpaired) electrons. The van der Waals surface area contributed by atoms with Crippen molar-refractivity contribution in [1.82, 2.24) is 20.9 Å². The van der Waals surface area contributed by atoms with Crippen LogP contribution in [0.2, 0.25) is 0 Å². The minimum Gasteiger partial charge on any atom is -0.379 e. The minimum absolute atomic E-state index is 0.0144. The molecule has 1 aromatic carbocycles. The number of morpholine rings is 1. The molecular weight excluding hydrogens is 330 g/mol. The molecule has 0 atom stereocenters. The largest absolute Gasteiger partial charge is 0.379 e. The lowest BCUT2D eigenvalue weighted by molar-refractivity contribution is -0.00834. The molecule has 0 unspecified atom stereocenters. The number of rotatable bonds is 6. The number of nitrogens with one attached hydrogen (secondary N) is 3. The van der Waals surface area contributed by atoms with Gasteiger partial charge < -0.3 is 20.7 Å². The highest BCUT2D eigenvalue weighted by molar-refractivity contribution is 5.94. The molecule has 7 heteroatoms. The smallest absolute Gasteiger partial charge is 0.251 e. The van der Waals surface area contributed by atoms with Gasteiger partial charge in [-0.05, 0) is 31.5 Å². The Kier molecular flexibility index (Phi) is 7.41. The van der Waals surface area contributed by atoms with Crippen molar-refractivity contribution in [3.05, 3.63) is 35.4 Å². The maximum Gasteiger partial charge on any atom is 0.251 e. The third-order valence-corrected chi connectivity index (χ3v) is 4.66. The van der Waals surface area contributed by atoms with Gasteiger partial charge in [0.15, 0.2) is 5.96 Å². The molecule has 1 aliphatic heterocycles. The quantitative estimate of drug-likeness (QED) is 0.517. The van der Waals surface area contributed by atoms with Crippen LogP contribution in [0.5, 0.6) is 0 Å². The van der Waals surface area contributed by atoms with E-state index in [0.717, 1.165) is 44.4 Å². The SMILES string of the molecule is CN=C(NCc1cccc(C(=O)NC)c1)NCC(C)(C)N1CCOCC1. The van der Waals surface area contributed by atoms with Gasteiger partial charge in [0.1, 0.15) is 0 Å². The molecule has 0 saturated carbocycles. The van der Waals surface area contributed by atoms with E-state index in [4.69, 9.17) is 4.74 Å². The average Bonchev–Trinajstić information content (AvgIpc) is 2.68. The van der Waals surface area contributed by atoms with Crippen molar-refractivity contribution < 1.29 is 9.53 Å². The Morgan fingerprint density at radius 1 is 1.27 bits per heavy atom. The fraction of sp³-hybridized carbons (Fsp3) is 0.579. The lowest BCUT2D eigenvalue weighted by Gasteiger charge is -2.41. The lowest BCUT2D eigenvalue weighted by Crippen LogP contribution is -2.56. The first-order valence-corrected chi connectivity index (χ1v) is 9.04. The van der Waals surface area contributed by atoms with Crippen molar-refractivity contribution >= 4 is 11.9 Å². The number of guanidine groups is 1. The number of benzene rings is 1. The first-order valence-electron chi connectivity index (χ1n) is 9.04. The Labute approximate surface area is 156 Å². The van der Waals surface area contributed by atoms with Crippen LogP contribution in [-0.2, 0) is 11.3 Å². The summed E-state index contributed by atoms with van der Waals surface area (Å²) in [4.78, 5) is 18.5. The molecule has 0 aliphatic carbocycles. The number of hydrogen-bond donors (Lipinski definition) is 3. The summed E-state index contributed by atoms with van der Waals surface area (Å²) in [6.07, 6.45) is 0. The third-order valence-electron chi connectivity index (χ3n) is 4.66. The normalized spacial score (nSPS) is 16.2. The van der Waals surface area contributed by atoms with E-state index in [-0.39, 0.29) is 11.4 Å². The number of aliphatic imine (C=N–C) groups is 1. The van der Waals surface area contributed by atoms with E-state index in [1.165, 1.54) is 0 Å². The van der Waals surface area contributed by atoms with E-state index < -0.39 is 0 Å². The highest BCUT2D eigenvalue weighted by atomic mass is 16.5. The average molecular weight is 361 g/mol. The zero-order chi connectivity index (χ0) is 19.0. The van der Waals surface area contributed by atoms with E-state index in [0.29, 0.717) is 12.1 Å². The summed E-state index contributed by atoms with van der Waals surface area (Å²) in [6, 6.07) is 7.57. The Balaban J connectivity index is 1.87. The zero-order valence-electron chi connectivity index (χ0n) is 16.3. The summed E-state index contributed by atoms with van der Waals surface area (Å²) in [5.74, 6) is 0.665. The number of ether oxygens (including phenoxy) is 1. The Morgan fingerprint density at radius 2 is 2.00 bits per heavy atom. The summed E-state index contributed by atoms with van der Waals surface area (Å²) < 4.78 is 5.44. The van der Waals surface area contributed by atoms with Crippen molar-refractivity contribution in [3.63, 3.8) is 0 Å². The molecule has 2 rings (SSSR count). The third kappa shape index (κ3) is 5.71. The van der Waals surface area contributed by atoms with Crippen LogP contribution < -0.4 is 16.0 Å². The maximum atomic E-state index is 11.7. The summed E-state index contributed by atoms with van der Waals surface area (Å²) >= 11 is 0. The van der Waals surface area contributed by atoms with Crippen molar-refractivity contribution in [3.8, 4) is 0 Å². The standard InChI is InChI=1S/C19H31N5O2/c1-19(2,24-8-10-26-11-9-24)14-23-18(21-4)22-13-15-6-5-7-16(12-15)17(25)20-3/h5-7,12H,8-11,13-14H2,1-4H3,(H,20,25)(H2,21,22,23). The second-order valence-electron chi connectivity index (χ2n) is 6.97. The van der Waals surface area contributed by atoms with E-state index in [9.17, 15) is 4.79 Å². The van der Waals surface area contributed by atoms with Crippen LogP contribution >= 0.6 is 0 Å². The molecule has 1 aliphatic rings. The van der Waals surface area contributed by atoms with Gasteiger partial charge in [0.05, 0.1) is 13.2 Å². The number of carbonyl (C=O) groups is 1. The molecule has 0 spiro atoms. The molecule has 7 nitrogen and oxygen atoms in total. The molecule has 26 heavy (non-hydrogen) atoms. The van der Waals surface area contributed by atoms with Crippen molar-refractivity contribution in [2.24, 2.45) is 4.99 Å². The van der Waals surface area contributed by atoms with Crippen molar-refractivity contribution in [2.45, 2.75) is 25.9 Å². The number of hydrogen-bond acceptors (Lipinski definition) is 4. The molecule has 144 valence electrons. The second-order valence-corrected chi connectivity index (χ2v) is 6.97. The van der Waals surface area contributed by atoms with Gasteiger partial charge in [0, 0.05) is 51.4 Å². The fourth-order valence-electron chi connectivity index (χ4n) is 2.95. The molecule has 3 N–H and O–H groups in total. The maximum absolute atomic E-state index is 11.7. The topological polar surface area (TPSA) is 78.0 Å². The van der Waals surface area contributed by atoms with Gasteiger partial charge in [-0.3, -0.25) is 14.7 Å². The molecule has 1 amide bonds. The van der Waals surface area contributed by atoms with E-state index >= 15 is 0 Å². The fourth-order valence-corrected chi connectivity index (χ4v) is 2.95. The monoisotopic (exact) mass is 361 g/mol. The highest BCUT2D eigenvalue weighted by Crippen LogP contribution is 2.15. The van der Waals surface area contributed by atoms with Gasteiger partial charge in [0.2, 0.25) is 0 Å². The second kappa shape index (κ2) is 9.54. The Bertz CT molecular complexity index is 624. The number of carbonyl (C=O) groups excluding carboxylic acids is 1. The summed E-state index contributed by atoms with van der Waals surface area (Å²) in [5, 5.41) is 9.36. The van der Waals surface area contributed by atoms with Crippen LogP contribution in [0.3, 0.4) is 0 Å². The Hall–Kier alpha value is -2.12. The summed E-state index contributed by atoms with van der Waals surface area (Å²) in [5.41, 5.74) is 1.70. The molecule has 1 aromatic rings. The van der Waals surface area contributed by atoms with Crippen molar-refractivity contribution in [1.29, 1.82) is 0 Å². The van der Waals surface area contributed by atoms with Gasteiger partial charge in [-0.2, -0.15) is 0 Å². The molecular formula is C19H31N5O2. The van der Waals surface area contributed by atoms with Gasteiger partial charge in [-0.1, -0.05) is 12.1 Å². The van der Waals surface area contributed by atoms with Crippen LogP contribution in [0.4, 0.5) is 0 Å². The van der Waals surface area contributed by atoms with Crippen LogP contribution in [0, 0.1) is 0 Å². The predicted octanol–water partition coefficient (Wildman–Crippen LogP) is 0.822. The highest BCUT2D eigenvalue weighted by Gasteiger charge is 2.28. The van der Waals surface area contributed by atoms with E-state index in [1.807, 2.05) is 18.2 Å². The molecule has 1 fully saturated rings. The van der Waals surface area contributed by atoms with Crippen LogP contribution in [0.1, 0.15) is 29.8 Å². The first kappa shape index (κ1) is 20.2. The van der Waals surface area contributed by atoms with E-state index in [2.05, 4.69) is 39.7 Å². The summed E-state index contributed by atoms with van der Waals surface area (Å²) in [7, 11) is 3.40. The van der Waals surface area contributed by atoms with Gasteiger partial charge >= 0.3 is 0 Å². The van der Waals surface area contributed by atoms with Crippen molar-refractivity contribution in [2.75, 3.05) is 46.9 Å². The molecule has 1 heterocycles. The summed E-state index contributed by atoms with van der Waals surface area (Å²) in [6.45, 7) is 9.32. The van der Waals surface area contributed by atoms with Gasteiger partial charge in [-0.25, -0.2) is 0 Å². The van der Waals surface area contributed by atoms with Crippen LogP contribution in [-0.4, -0.2) is 69.2 Å². The number of nitrogens with zero attached hydrogens (tertiary/aromatic N) is 2. The van der Waals surface area contributed by atoms with Crippen LogP contribution in [0.25, 0.3) is 0 Å². The minimum atomic E-state index is -0.0818. The molecule has 0 aromatic heterocycles. The predicted molar refractivity (Wildman–Crippen MR) is 105 cm³/mol. The van der Waals surface area contributed by atoms with Gasteiger partial charge in [-0.15, -0.1) is 0 Å². The molecule has 1 saturated heterocycles. The lowest BCUT2D eigenvalue weighted by atomic mass is 10.0. The van der Waals surface area contributed by atoms with Crippen LogP contribution in [0.15, 0.2) is 29.3 Å². The van der Waals surface area contributed by atoms with E-state index in [1.54, 1.807) is 20.2 Å². The first-order chi connectivity index (χ1) is 12.5. The zero-order valence-corrected chi connectivity index (χ0v) is 16.3.